The first kappa shape index (κ1) is 12.3. The quantitative estimate of drug-likeness (QED) is 0.791. The van der Waals surface area contributed by atoms with E-state index in [0.717, 1.165) is 38.4 Å². The fourth-order valence-corrected chi connectivity index (χ4v) is 3.02. The van der Waals surface area contributed by atoms with E-state index in [1.807, 2.05) is 0 Å². The minimum absolute atomic E-state index is 0.630. The molecule has 0 atom stereocenters. The molecule has 3 nitrogen and oxygen atoms in total. The maximum absolute atomic E-state index is 5.41. The van der Waals surface area contributed by atoms with Crippen molar-refractivity contribution in [3.05, 3.63) is 0 Å². The molecule has 0 aromatic rings. The molecule has 94 valence electrons. The summed E-state index contributed by atoms with van der Waals surface area (Å²) < 4.78 is 5.41. The predicted molar refractivity (Wildman–Crippen MR) is 66.7 cm³/mol. The lowest BCUT2D eigenvalue weighted by atomic mass is 9.89. The van der Waals surface area contributed by atoms with Crippen LogP contribution in [-0.4, -0.2) is 49.3 Å². The number of hydrogen-bond donors (Lipinski definition) is 1. The molecule has 1 saturated heterocycles. The van der Waals surface area contributed by atoms with E-state index in [-0.39, 0.29) is 0 Å². The molecule has 0 aromatic heterocycles. The minimum Gasteiger partial charge on any atom is -0.379 e. The molecule has 2 rings (SSSR count). The highest BCUT2D eigenvalue weighted by Gasteiger charge is 2.26. The summed E-state index contributed by atoms with van der Waals surface area (Å²) >= 11 is 0. The SMILES string of the molecule is CC(C)N[C@H]1CC[C@H](N2CCOCC2)CC1. The van der Waals surface area contributed by atoms with Gasteiger partial charge < -0.3 is 10.1 Å². The van der Waals surface area contributed by atoms with Crippen LogP contribution in [0.5, 0.6) is 0 Å². The van der Waals surface area contributed by atoms with Crippen LogP contribution in [-0.2, 0) is 4.74 Å². The van der Waals surface area contributed by atoms with Crippen LogP contribution in [0.25, 0.3) is 0 Å². The standard InChI is InChI=1S/C13H26N2O/c1-11(2)14-12-3-5-13(6-4-12)15-7-9-16-10-8-15/h11-14H,3-10H2,1-2H3/t12-,13-. The zero-order valence-electron chi connectivity index (χ0n) is 10.7. The smallest absolute Gasteiger partial charge is 0.0594 e. The zero-order valence-corrected chi connectivity index (χ0v) is 10.7. The van der Waals surface area contributed by atoms with Crippen LogP contribution in [0.15, 0.2) is 0 Å². The molecule has 0 amide bonds. The fourth-order valence-electron chi connectivity index (χ4n) is 3.02. The van der Waals surface area contributed by atoms with Crippen LogP contribution >= 0.6 is 0 Å². The van der Waals surface area contributed by atoms with Gasteiger partial charge in [-0.15, -0.1) is 0 Å². The summed E-state index contributed by atoms with van der Waals surface area (Å²) in [5.74, 6) is 0. The summed E-state index contributed by atoms with van der Waals surface area (Å²) in [7, 11) is 0. The third-order valence-corrected chi connectivity index (χ3v) is 3.83. The Bertz CT molecular complexity index is 194. The third-order valence-electron chi connectivity index (χ3n) is 3.83. The average Bonchev–Trinajstić information content (AvgIpc) is 2.30. The Labute approximate surface area is 99.5 Å². The summed E-state index contributed by atoms with van der Waals surface area (Å²) in [6.07, 6.45) is 5.43. The molecule has 2 aliphatic rings. The van der Waals surface area contributed by atoms with Crippen molar-refractivity contribution < 1.29 is 4.74 Å². The number of ether oxygens (including phenoxy) is 1. The van der Waals surface area contributed by atoms with Crippen molar-refractivity contribution in [2.24, 2.45) is 0 Å². The van der Waals surface area contributed by atoms with E-state index in [9.17, 15) is 0 Å². The van der Waals surface area contributed by atoms with E-state index in [4.69, 9.17) is 4.74 Å². The van der Waals surface area contributed by atoms with E-state index in [1.54, 1.807) is 0 Å². The number of morpholine rings is 1. The summed E-state index contributed by atoms with van der Waals surface area (Å²) in [5.41, 5.74) is 0. The Morgan fingerprint density at radius 2 is 1.69 bits per heavy atom. The van der Waals surface area contributed by atoms with E-state index in [0.29, 0.717) is 6.04 Å². The Morgan fingerprint density at radius 1 is 1.06 bits per heavy atom. The van der Waals surface area contributed by atoms with Gasteiger partial charge in [-0.1, -0.05) is 13.8 Å². The highest BCUT2D eigenvalue weighted by molar-refractivity contribution is 4.84. The molecule has 0 spiro atoms. The van der Waals surface area contributed by atoms with Crippen molar-refractivity contribution in [3.63, 3.8) is 0 Å². The van der Waals surface area contributed by atoms with Gasteiger partial charge in [-0.25, -0.2) is 0 Å². The van der Waals surface area contributed by atoms with Gasteiger partial charge in [0.25, 0.3) is 0 Å². The molecule has 0 unspecified atom stereocenters. The van der Waals surface area contributed by atoms with Crippen LogP contribution in [0.4, 0.5) is 0 Å². The molecule has 1 N–H and O–H groups in total. The lowest BCUT2D eigenvalue weighted by Crippen LogP contribution is -2.47. The van der Waals surface area contributed by atoms with Crippen LogP contribution in [0.1, 0.15) is 39.5 Å². The van der Waals surface area contributed by atoms with Gasteiger partial charge in [0.2, 0.25) is 0 Å². The van der Waals surface area contributed by atoms with Gasteiger partial charge >= 0.3 is 0 Å². The van der Waals surface area contributed by atoms with Gasteiger partial charge in [0.15, 0.2) is 0 Å². The highest BCUT2D eigenvalue weighted by atomic mass is 16.5. The third kappa shape index (κ3) is 3.44. The summed E-state index contributed by atoms with van der Waals surface area (Å²) in [4.78, 5) is 2.63. The Morgan fingerprint density at radius 3 is 2.25 bits per heavy atom. The second kappa shape index (κ2) is 5.99. The van der Waals surface area contributed by atoms with Crippen molar-refractivity contribution in [1.29, 1.82) is 0 Å². The van der Waals surface area contributed by atoms with E-state index in [2.05, 4.69) is 24.1 Å². The first-order chi connectivity index (χ1) is 7.75. The zero-order chi connectivity index (χ0) is 11.4. The minimum atomic E-state index is 0.630. The molecule has 1 aliphatic carbocycles. The molecule has 16 heavy (non-hydrogen) atoms. The van der Waals surface area contributed by atoms with Gasteiger partial charge in [0.05, 0.1) is 13.2 Å². The lowest BCUT2D eigenvalue weighted by Gasteiger charge is -2.39. The van der Waals surface area contributed by atoms with Gasteiger partial charge in [0.1, 0.15) is 0 Å². The molecule has 1 aliphatic heterocycles. The molecule has 0 radical (unpaired) electrons. The number of hydrogen-bond acceptors (Lipinski definition) is 3. The first-order valence-electron chi connectivity index (χ1n) is 6.83. The molecule has 1 saturated carbocycles. The van der Waals surface area contributed by atoms with E-state index >= 15 is 0 Å². The van der Waals surface area contributed by atoms with E-state index < -0.39 is 0 Å². The lowest BCUT2D eigenvalue weighted by molar-refractivity contribution is 0.00638. The monoisotopic (exact) mass is 226 g/mol. The topological polar surface area (TPSA) is 24.5 Å². The average molecular weight is 226 g/mol. The molecule has 3 heteroatoms. The van der Waals surface area contributed by atoms with Crippen LogP contribution in [0.2, 0.25) is 0 Å². The van der Waals surface area contributed by atoms with Crippen molar-refractivity contribution in [3.8, 4) is 0 Å². The van der Waals surface area contributed by atoms with Crippen molar-refractivity contribution >= 4 is 0 Å². The molecular weight excluding hydrogens is 200 g/mol. The highest BCUT2D eigenvalue weighted by Crippen LogP contribution is 2.24. The van der Waals surface area contributed by atoms with Crippen molar-refractivity contribution in [1.82, 2.24) is 10.2 Å². The largest absolute Gasteiger partial charge is 0.379 e. The summed E-state index contributed by atoms with van der Waals surface area (Å²) in [6, 6.07) is 2.22. The van der Waals surface area contributed by atoms with Gasteiger partial charge in [-0.3, -0.25) is 4.90 Å². The van der Waals surface area contributed by atoms with Gasteiger partial charge in [0, 0.05) is 31.2 Å². The predicted octanol–water partition coefficient (Wildman–Crippen LogP) is 1.63. The van der Waals surface area contributed by atoms with Gasteiger partial charge in [-0.05, 0) is 25.7 Å². The van der Waals surface area contributed by atoms with Crippen molar-refractivity contribution in [2.45, 2.75) is 57.7 Å². The molecular formula is C13H26N2O. The molecule has 2 fully saturated rings. The number of rotatable bonds is 3. The van der Waals surface area contributed by atoms with Crippen molar-refractivity contribution in [2.75, 3.05) is 26.3 Å². The molecule has 0 aromatic carbocycles. The van der Waals surface area contributed by atoms with Crippen LogP contribution in [0.3, 0.4) is 0 Å². The normalized spacial score (nSPS) is 33.2. The first-order valence-corrected chi connectivity index (χ1v) is 6.83. The summed E-state index contributed by atoms with van der Waals surface area (Å²) in [5, 5.41) is 3.66. The van der Waals surface area contributed by atoms with Gasteiger partial charge in [-0.2, -0.15) is 0 Å². The van der Waals surface area contributed by atoms with E-state index in [1.165, 1.54) is 25.7 Å². The Hall–Kier alpha value is -0.120. The maximum atomic E-state index is 5.41. The maximum Gasteiger partial charge on any atom is 0.0594 e. The number of nitrogens with one attached hydrogen (secondary N) is 1. The second-order valence-corrected chi connectivity index (χ2v) is 5.48. The Kier molecular flexibility index (Phi) is 4.62. The van der Waals surface area contributed by atoms with Crippen LogP contribution < -0.4 is 5.32 Å². The number of nitrogens with zero attached hydrogens (tertiary/aromatic N) is 1. The second-order valence-electron chi connectivity index (χ2n) is 5.48. The van der Waals surface area contributed by atoms with Crippen LogP contribution in [0, 0.1) is 0 Å². The fraction of sp³-hybridized carbons (Fsp3) is 1.00. The summed E-state index contributed by atoms with van der Waals surface area (Å²) in [6.45, 7) is 8.65. The Balaban J connectivity index is 1.71. The molecule has 0 bridgehead atoms. The molecule has 1 heterocycles.